The van der Waals surface area contributed by atoms with Crippen LogP contribution in [0.1, 0.15) is 44.9 Å². The van der Waals surface area contributed by atoms with Gasteiger partial charge in [0.05, 0.1) is 10.8 Å². The number of carbonyl (C=O) groups excluding carboxylic acids is 1. The number of hydrogen-bond donors (Lipinski definition) is 1. The lowest BCUT2D eigenvalue weighted by Crippen LogP contribution is -2.47. The van der Waals surface area contributed by atoms with Crippen LogP contribution in [0.3, 0.4) is 0 Å². The predicted octanol–water partition coefficient (Wildman–Crippen LogP) is 3.69. The van der Waals surface area contributed by atoms with Crippen LogP contribution in [0, 0.1) is 5.92 Å². The Morgan fingerprint density at radius 2 is 1.68 bits per heavy atom. The Balaban J connectivity index is 1.48. The lowest BCUT2D eigenvalue weighted by molar-refractivity contribution is -0.127. The summed E-state index contributed by atoms with van der Waals surface area (Å²) in [5.41, 5.74) is 0. The molecule has 28 heavy (non-hydrogen) atoms. The maximum absolute atomic E-state index is 13.2. The zero-order chi connectivity index (χ0) is 19.6. The summed E-state index contributed by atoms with van der Waals surface area (Å²) in [5, 5.41) is 5.09. The number of benzene rings is 2. The third-order valence-corrected chi connectivity index (χ3v) is 7.93. The standard InChI is InChI=1S/C22H28N2O3S/c25-22(23-20-10-2-1-3-11-20)19-9-6-14-24(16-19)28(26,27)21-13-12-17-7-4-5-8-18(17)15-21/h4-5,7-8,12-13,15,19-20H,1-3,6,9-11,14,16H2,(H,23,25)/t19-/m1/s1. The molecule has 5 nitrogen and oxygen atoms in total. The van der Waals surface area contributed by atoms with Crippen LogP contribution < -0.4 is 5.32 Å². The van der Waals surface area contributed by atoms with Gasteiger partial charge in [-0.25, -0.2) is 8.42 Å². The molecule has 0 bridgehead atoms. The van der Waals surface area contributed by atoms with E-state index in [1.807, 2.05) is 30.3 Å². The number of nitrogens with one attached hydrogen (secondary N) is 1. The van der Waals surface area contributed by atoms with Gasteiger partial charge in [-0.3, -0.25) is 4.79 Å². The highest BCUT2D eigenvalue weighted by atomic mass is 32.2. The Bertz CT molecular complexity index is 951. The number of amides is 1. The summed E-state index contributed by atoms with van der Waals surface area (Å²) in [5.74, 6) is -0.240. The zero-order valence-corrected chi connectivity index (χ0v) is 17.0. The Hall–Kier alpha value is -1.92. The smallest absolute Gasteiger partial charge is 0.243 e. The first-order valence-electron chi connectivity index (χ1n) is 10.3. The Labute approximate surface area is 167 Å². The van der Waals surface area contributed by atoms with Gasteiger partial charge in [-0.1, -0.05) is 49.6 Å². The number of sulfonamides is 1. The molecule has 2 aromatic rings. The van der Waals surface area contributed by atoms with E-state index in [2.05, 4.69) is 5.32 Å². The summed E-state index contributed by atoms with van der Waals surface area (Å²) in [6.07, 6.45) is 7.12. The van der Waals surface area contributed by atoms with Crippen molar-refractivity contribution >= 4 is 26.7 Å². The third kappa shape index (κ3) is 4.08. The van der Waals surface area contributed by atoms with E-state index in [0.717, 1.165) is 49.3 Å². The van der Waals surface area contributed by atoms with Crippen LogP contribution in [-0.4, -0.2) is 37.8 Å². The zero-order valence-electron chi connectivity index (χ0n) is 16.1. The summed E-state index contributed by atoms with van der Waals surface area (Å²) in [6, 6.07) is 13.2. The fourth-order valence-electron chi connectivity index (χ4n) is 4.42. The first-order valence-corrected chi connectivity index (χ1v) is 11.8. The van der Waals surface area contributed by atoms with E-state index in [1.54, 1.807) is 12.1 Å². The minimum Gasteiger partial charge on any atom is -0.353 e. The van der Waals surface area contributed by atoms with E-state index in [9.17, 15) is 13.2 Å². The number of piperidine rings is 1. The van der Waals surface area contributed by atoms with Gasteiger partial charge in [0.2, 0.25) is 15.9 Å². The highest BCUT2D eigenvalue weighted by Gasteiger charge is 2.34. The fourth-order valence-corrected chi connectivity index (χ4v) is 5.98. The number of rotatable bonds is 4. The monoisotopic (exact) mass is 400 g/mol. The summed E-state index contributed by atoms with van der Waals surface area (Å²) < 4.78 is 27.9. The van der Waals surface area contributed by atoms with Crippen LogP contribution in [-0.2, 0) is 14.8 Å². The molecule has 1 saturated heterocycles. The van der Waals surface area contributed by atoms with Gasteiger partial charge >= 0.3 is 0 Å². The molecule has 1 saturated carbocycles. The first kappa shape index (κ1) is 19.4. The van der Waals surface area contributed by atoms with Crippen LogP contribution in [0.15, 0.2) is 47.4 Å². The van der Waals surface area contributed by atoms with E-state index in [-0.39, 0.29) is 24.4 Å². The Morgan fingerprint density at radius 3 is 2.46 bits per heavy atom. The number of hydrogen-bond acceptors (Lipinski definition) is 3. The number of nitrogens with zero attached hydrogens (tertiary/aromatic N) is 1. The molecule has 2 fully saturated rings. The molecule has 1 aliphatic carbocycles. The minimum atomic E-state index is -3.60. The lowest BCUT2D eigenvalue weighted by Gasteiger charge is -2.32. The van der Waals surface area contributed by atoms with Gasteiger partial charge in [-0.15, -0.1) is 0 Å². The van der Waals surface area contributed by atoms with Crippen molar-refractivity contribution < 1.29 is 13.2 Å². The van der Waals surface area contributed by atoms with Crippen molar-refractivity contribution in [3.8, 4) is 0 Å². The van der Waals surface area contributed by atoms with Crippen molar-refractivity contribution in [2.24, 2.45) is 5.92 Å². The molecule has 0 radical (unpaired) electrons. The second-order valence-electron chi connectivity index (χ2n) is 8.05. The van der Waals surface area contributed by atoms with Gasteiger partial charge in [-0.05, 0) is 48.6 Å². The van der Waals surface area contributed by atoms with Crippen molar-refractivity contribution in [3.05, 3.63) is 42.5 Å². The van der Waals surface area contributed by atoms with Gasteiger partial charge in [-0.2, -0.15) is 4.31 Å². The molecule has 6 heteroatoms. The number of fused-ring (bicyclic) bond motifs is 1. The molecule has 0 spiro atoms. The van der Waals surface area contributed by atoms with E-state index in [4.69, 9.17) is 0 Å². The van der Waals surface area contributed by atoms with Crippen LogP contribution in [0.2, 0.25) is 0 Å². The summed E-state index contributed by atoms with van der Waals surface area (Å²) in [6.45, 7) is 0.746. The predicted molar refractivity (Wildman–Crippen MR) is 110 cm³/mol. The summed E-state index contributed by atoms with van der Waals surface area (Å²) in [4.78, 5) is 13.0. The van der Waals surface area contributed by atoms with Crippen LogP contribution >= 0.6 is 0 Å². The molecule has 1 aliphatic heterocycles. The highest BCUT2D eigenvalue weighted by molar-refractivity contribution is 7.89. The average molecular weight is 401 g/mol. The maximum atomic E-state index is 13.2. The van der Waals surface area contributed by atoms with E-state index in [0.29, 0.717) is 11.4 Å². The maximum Gasteiger partial charge on any atom is 0.243 e. The van der Waals surface area contributed by atoms with E-state index >= 15 is 0 Å². The molecule has 1 atom stereocenters. The molecule has 150 valence electrons. The van der Waals surface area contributed by atoms with Gasteiger partial charge in [0.15, 0.2) is 0 Å². The second-order valence-corrected chi connectivity index (χ2v) is 9.99. The molecule has 1 heterocycles. The summed E-state index contributed by atoms with van der Waals surface area (Å²) >= 11 is 0. The average Bonchev–Trinajstić information content (AvgIpc) is 2.74. The molecule has 1 N–H and O–H groups in total. The third-order valence-electron chi connectivity index (χ3n) is 6.07. The van der Waals surface area contributed by atoms with Gasteiger partial charge in [0.25, 0.3) is 0 Å². The molecular weight excluding hydrogens is 372 g/mol. The fraction of sp³-hybridized carbons (Fsp3) is 0.500. The molecule has 0 aromatic heterocycles. The van der Waals surface area contributed by atoms with Gasteiger partial charge in [0, 0.05) is 19.1 Å². The lowest BCUT2D eigenvalue weighted by atomic mass is 9.93. The summed E-state index contributed by atoms with van der Waals surface area (Å²) in [7, 11) is -3.60. The molecule has 1 amide bonds. The van der Waals surface area contributed by atoms with E-state index in [1.165, 1.54) is 10.7 Å². The SMILES string of the molecule is O=C(NC1CCCCC1)[C@@H]1CCCN(S(=O)(=O)c2ccc3ccccc3c2)C1. The van der Waals surface area contributed by atoms with Crippen molar-refractivity contribution in [1.29, 1.82) is 0 Å². The molecule has 4 rings (SSSR count). The van der Waals surface area contributed by atoms with Gasteiger partial charge in [0.1, 0.15) is 0 Å². The van der Waals surface area contributed by atoms with Crippen LogP contribution in [0.4, 0.5) is 0 Å². The molecule has 0 unspecified atom stereocenters. The van der Waals surface area contributed by atoms with Crippen molar-refractivity contribution in [2.45, 2.75) is 55.9 Å². The van der Waals surface area contributed by atoms with Gasteiger partial charge < -0.3 is 5.32 Å². The minimum absolute atomic E-state index is 0.0188. The topological polar surface area (TPSA) is 66.5 Å². The number of carbonyl (C=O) groups is 1. The molecule has 2 aromatic carbocycles. The van der Waals surface area contributed by atoms with E-state index < -0.39 is 10.0 Å². The Morgan fingerprint density at radius 1 is 0.929 bits per heavy atom. The Kier molecular flexibility index (Phi) is 5.69. The van der Waals surface area contributed by atoms with Crippen molar-refractivity contribution in [3.63, 3.8) is 0 Å². The van der Waals surface area contributed by atoms with Crippen molar-refractivity contribution in [1.82, 2.24) is 9.62 Å². The normalized spacial score (nSPS) is 22.2. The second kappa shape index (κ2) is 8.21. The quantitative estimate of drug-likeness (QED) is 0.851. The highest BCUT2D eigenvalue weighted by Crippen LogP contribution is 2.27. The first-order chi connectivity index (χ1) is 13.5. The van der Waals surface area contributed by atoms with Crippen molar-refractivity contribution in [2.75, 3.05) is 13.1 Å². The van der Waals surface area contributed by atoms with Crippen LogP contribution in [0.5, 0.6) is 0 Å². The largest absolute Gasteiger partial charge is 0.353 e. The molecule has 2 aliphatic rings. The van der Waals surface area contributed by atoms with Crippen LogP contribution in [0.25, 0.3) is 10.8 Å². The molecular formula is C22H28N2O3S.